The van der Waals surface area contributed by atoms with Gasteiger partial charge >= 0.3 is 0 Å². The number of thiazole rings is 1. The van der Waals surface area contributed by atoms with Crippen LogP contribution in [0.2, 0.25) is 0 Å². The Hall–Kier alpha value is -3.69. The van der Waals surface area contributed by atoms with Gasteiger partial charge in [-0.3, -0.25) is 9.52 Å². The highest BCUT2D eigenvalue weighted by atomic mass is 32.2. The molecule has 0 fully saturated rings. The van der Waals surface area contributed by atoms with Crippen molar-refractivity contribution in [2.45, 2.75) is 11.3 Å². The van der Waals surface area contributed by atoms with Gasteiger partial charge in [-0.05, 0) is 41.1 Å². The largest absolute Gasteiger partial charge is 0.464 e. The van der Waals surface area contributed by atoms with Crippen LogP contribution in [0.4, 0.5) is 10.8 Å². The molecule has 0 spiro atoms. The van der Waals surface area contributed by atoms with Gasteiger partial charge in [0.15, 0.2) is 5.13 Å². The minimum atomic E-state index is -3.74. The Morgan fingerprint density at radius 1 is 1.03 bits per heavy atom. The summed E-state index contributed by atoms with van der Waals surface area (Å²) >= 11 is 1.19. The van der Waals surface area contributed by atoms with Gasteiger partial charge in [0, 0.05) is 28.2 Å². The van der Waals surface area contributed by atoms with E-state index in [4.69, 9.17) is 4.42 Å². The number of hydrogen-bond acceptors (Lipinski definition) is 6. The van der Waals surface area contributed by atoms with Crippen LogP contribution < -0.4 is 10.0 Å². The lowest BCUT2D eigenvalue weighted by molar-refractivity contribution is -0.115. The molecule has 0 saturated carbocycles. The van der Waals surface area contributed by atoms with Crippen molar-refractivity contribution in [1.29, 1.82) is 0 Å². The number of amides is 1. The number of aromatic nitrogens is 1. The first-order chi connectivity index (χ1) is 15.5. The number of furan rings is 1. The molecule has 2 aromatic heterocycles. The summed E-state index contributed by atoms with van der Waals surface area (Å²) in [4.78, 5) is 16.7. The molecule has 2 heterocycles. The quantitative estimate of drug-likeness (QED) is 0.368. The van der Waals surface area contributed by atoms with E-state index in [1.54, 1.807) is 23.8 Å². The molecule has 7 nitrogen and oxygen atoms in total. The van der Waals surface area contributed by atoms with Gasteiger partial charge in [0.05, 0.1) is 17.6 Å². The molecule has 9 heteroatoms. The Labute approximate surface area is 187 Å². The second kappa shape index (κ2) is 8.10. The molecule has 0 radical (unpaired) electrons. The molecule has 0 aliphatic carbocycles. The molecule has 5 aromatic rings. The summed E-state index contributed by atoms with van der Waals surface area (Å²) in [5, 5.41) is 7.82. The fourth-order valence-electron chi connectivity index (χ4n) is 3.55. The van der Waals surface area contributed by atoms with Gasteiger partial charge in [-0.15, -0.1) is 11.3 Å². The molecule has 0 aliphatic rings. The van der Waals surface area contributed by atoms with Crippen LogP contribution >= 0.6 is 11.3 Å². The van der Waals surface area contributed by atoms with Crippen molar-refractivity contribution < 1.29 is 17.6 Å². The third-order valence-electron chi connectivity index (χ3n) is 4.99. The first-order valence-corrected chi connectivity index (χ1v) is 12.1. The van der Waals surface area contributed by atoms with Crippen molar-refractivity contribution in [2.75, 3.05) is 10.0 Å². The summed E-state index contributed by atoms with van der Waals surface area (Å²) in [6.07, 6.45) is 3.26. The first-order valence-electron chi connectivity index (χ1n) is 9.70. The van der Waals surface area contributed by atoms with Crippen LogP contribution in [0.25, 0.3) is 21.7 Å². The fourth-order valence-corrected chi connectivity index (χ4v) is 5.34. The van der Waals surface area contributed by atoms with Gasteiger partial charge in [0.1, 0.15) is 5.58 Å². The summed E-state index contributed by atoms with van der Waals surface area (Å²) in [5.41, 5.74) is 2.02. The average Bonchev–Trinajstić information content (AvgIpc) is 3.44. The van der Waals surface area contributed by atoms with Crippen molar-refractivity contribution in [2.24, 2.45) is 0 Å². The van der Waals surface area contributed by atoms with Gasteiger partial charge in [-0.1, -0.05) is 30.3 Å². The number of carbonyl (C=O) groups excluding carboxylic acids is 1. The maximum absolute atomic E-state index is 12.7. The molecule has 0 bridgehead atoms. The molecule has 0 aliphatic heterocycles. The van der Waals surface area contributed by atoms with Crippen LogP contribution in [-0.4, -0.2) is 19.3 Å². The Balaban J connectivity index is 1.32. The van der Waals surface area contributed by atoms with E-state index in [2.05, 4.69) is 15.0 Å². The van der Waals surface area contributed by atoms with Gasteiger partial charge < -0.3 is 9.73 Å². The van der Waals surface area contributed by atoms with Gasteiger partial charge in [0.25, 0.3) is 10.0 Å². The zero-order chi connectivity index (χ0) is 22.1. The Morgan fingerprint density at radius 2 is 1.84 bits per heavy atom. The lowest BCUT2D eigenvalue weighted by Gasteiger charge is -2.08. The SMILES string of the molecule is O=C(Cc1coc2ccc3ccccc3c12)Nc1ccc(S(=O)(=O)Nc2nccs2)cc1. The summed E-state index contributed by atoms with van der Waals surface area (Å²) in [6.45, 7) is 0. The van der Waals surface area contributed by atoms with E-state index in [0.717, 1.165) is 27.3 Å². The number of nitrogens with one attached hydrogen (secondary N) is 2. The molecule has 0 saturated heterocycles. The van der Waals surface area contributed by atoms with E-state index >= 15 is 0 Å². The molecule has 0 atom stereocenters. The third kappa shape index (κ3) is 3.95. The van der Waals surface area contributed by atoms with Crippen molar-refractivity contribution in [3.05, 3.63) is 84.1 Å². The zero-order valence-electron chi connectivity index (χ0n) is 16.6. The van der Waals surface area contributed by atoms with Gasteiger partial charge in [0.2, 0.25) is 5.91 Å². The smallest absolute Gasteiger partial charge is 0.263 e. The van der Waals surface area contributed by atoms with Crippen molar-refractivity contribution in [1.82, 2.24) is 4.98 Å². The predicted octanol–water partition coefficient (Wildman–Crippen LogP) is 5.02. The molecule has 32 heavy (non-hydrogen) atoms. The normalized spacial score (nSPS) is 11.6. The molecular weight excluding hydrogens is 446 g/mol. The lowest BCUT2D eigenvalue weighted by atomic mass is 10.0. The average molecular weight is 464 g/mol. The monoisotopic (exact) mass is 463 g/mol. The number of sulfonamides is 1. The minimum absolute atomic E-state index is 0.0815. The van der Waals surface area contributed by atoms with Crippen molar-refractivity contribution in [3.63, 3.8) is 0 Å². The Kier molecular flexibility index (Phi) is 5.12. The van der Waals surface area contributed by atoms with E-state index in [1.807, 2.05) is 36.4 Å². The first kappa shape index (κ1) is 20.2. The molecule has 2 N–H and O–H groups in total. The van der Waals surface area contributed by atoms with Crippen LogP contribution in [0.1, 0.15) is 5.56 Å². The van der Waals surface area contributed by atoms with E-state index in [-0.39, 0.29) is 17.2 Å². The van der Waals surface area contributed by atoms with Crippen LogP contribution in [0.3, 0.4) is 0 Å². The number of hydrogen-bond donors (Lipinski definition) is 2. The van der Waals surface area contributed by atoms with E-state index in [0.29, 0.717) is 10.8 Å². The maximum atomic E-state index is 12.7. The molecular formula is C23H17N3O4S2. The summed E-state index contributed by atoms with van der Waals surface area (Å²) in [5.74, 6) is -0.225. The Morgan fingerprint density at radius 3 is 2.62 bits per heavy atom. The minimum Gasteiger partial charge on any atom is -0.464 e. The second-order valence-corrected chi connectivity index (χ2v) is 9.69. The molecule has 1 amide bonds. The number of anilines is 2. The second-order valence-electron chi connectivity index (χ2n) is 7.11. The highest BCUT2D eigenvalue weighted by Crippen LogP contribution is 2.30. The summed E-state index contributed by atoms with van der Waals surface area (Å²) in [7, 11) is -3.74. The molecule has 0 unspecified atom stereocenters. The fraction of sp³-hybridized carbons (Fsp3) is 0.0435. The lowest BCUT2D eigenvalue weighted by Crippen LogP contribution is -2.15. The number of carbonyl (C=O) groups is 1. The number of nitrogens with zero attached hydrogens (tertiary/aromatic N) is 1. The summed E-state index contributed by atoms with van der Waals surface area (Å²) < 4.78 is 32.9. The van der Waals surface area contributed by atoms with E-state index < -0.39 is 10.0 Å². The molecule has 160 valence electrons. The van der Waals surface area contributed by atoms with Crippen molar-refractivity contribution in [3.8, 4) is 0 Å². The highest BCUT2D eigenvalue weighted by molar-refractivity contribution is 7.93. The standard InChI is InChI=1S/C23H17N3O4S2/c27-21(13-16-14-30-20-10-5-15-3-1-2-4-19(15)22(16)20)25-17-6-8-18(9-7-17)32(28,29)26-23-24-11-12-31-23/h1-12,14H,13H2,(H,24,26)(H,25,27). The van der Waals surface area contributed by atoms with Gasteiger partial charge in [-0.2, -0.15) is 0 Å². The number of benzene rings is 3. The number of rotatable bonds is 6. The van der Waals surface area contributed by atoms with Crippen LogP contribution in [0.15, 0.2) is 87.8 Å². The van der Waals surface area contributed by atoms with Crippen LogP contribution in [0.5, 0.6) is 0 Å². The highest BCUT2D eigenvalue weighted by Gasteiger charge is 2.16. The summed E-state index contributed by atoms with van der Waals surface area (Å²) in [6, 6.07) is 17.8. The predicted molar refractivity (Wildman–Crippen MR) is 125 cm³/mol. The van der Waals surface area contributed by atoms with Crippen LogP contribution in [0, 0.1) is 0 Å². The van der Waals surface area contributed by atoms with Gasteiger partial charge in [-0.25, -0.2) is 13.4 Å². The number of fused-ring (bicyclic) bond motifs is 3. The maximum Gasteiger partial charge on any atom is 0.263 e. The zero-order valence-corrected chi connectivity index (χ0v) is 18.2. The van der Waals surface area contributed by atoms with Crippen LogP contribution in [-0.2, 0) is 21.2 Å². The molecule has 5 rings (SSSR count). The van der Waals surface area contributed by atoms with E-state index in [1.165, 1.54) is 29.7 Å². The topological polar surface area (TPSA) is 101 Å². The Bertz CT molecular complexity index is 1520. The van der Waals surface area contributed by atoms with E-state index in [9.17, 15) is 13.2 Å². The third-order valence-corrected chi connectivity index (χ3v) is 7.17. The van der Waals surface area contributed by atoms with Crippen molar-refractivity contribution >= 4 is 59.8 Å². The molecule has 3 aromatic carbocycles.